The molecule has 0 unspecified atom stereocenters. The fraction of sp³-hybridized carbons (Fsp3) is 0.345. The molecule has 212 valence electrons. The van der Waals surface area contributed by atoms with Crippen molar-refractivity contribution in [1.82, 2.24) is 24.9 Å². The molecule has 0 saturated heterocycles. The van der Waals surface area contributed by atoms with E-state index < -0.39 is 15.7 Å². The highest BCUT2D eigenvalue weighted by molar-refractivity contribution is 7.90. The van der Waals surface area contributed by atoms with Crippen molar-refractivity contribution >= 4 is 32.8 Å². The first-order valence-electron chi connectivity index (χ1n) is 12.9. The lowest BCUT2D eigenvalue weighted by Gasteiger charge is -2.14. The van der Waals surface area contributed by atoms with E-state index in [0.717, 1.165) is 52.0 Å². The molecule has 0 radical (unpaired) electrons. The van der Waals surface area contributed by atoms with Crippen molar-refractivity contribution in [1.29, 1.82) is 0 Å². The highest BCUT2D eigenvalue weighted by atomic mass is 32.2. The van der Waals surface area contributed by atoms with Crippen LogP contribution in [-0.2, 0) is 9.84 Å². The Morgan fingerprint density at radius 1 is 0.750 bits per heavy atom. The number of aryl methyl sites for hydroxylation is 1. The summed E-state index contributed by atoms with van der Waals surface area (Å²) in [5.74, 6) is 1.33. The van der Waals surface area contributed by atoms with Crippen molar-refractivity contribution in [3.05, 3.63) is 83.2 Å². The number of aromatic nitrogens is 5. The van der Waals surface area contributed by atoms with Gasteiger partial charge in [-0.2, -0.15) is 0 Å². The van der Waals surface area contributed by atoms with Gasteiger partial charge in [-0.3, -0.25) is 4.98 Å². The van der Waals surface area contributed by atoms with E-state index in [0.29, 0.717) is 11.7 Å². The molecule has 2 N–H and O–H groups in total. The van der Waals surface area contributed by atoms with E-state index in [1.54, 1.807) is 12.5 Å². The second kappa shape index (κ2) is 12.9. The minimum atomic E-state index is -3.43. The second-order valence-corrected chi connectivity index (χ2v) is 12.1. The summed E-state index contributed by atoms with van der Waals surface area (Å²) in [5.41, 5.74) is 6.00. The van der Waals surface area contributed by atoms with Gasteiger partial charge in [-0.05, 0) is 62.9 Å². The number of nitrogens with one attached hydrogen (secondary N) is 2. The van der Waals surface area contributed by atoms with E-state index in [-0.39, 0.29) is 16.5 Å². The number of halogens is 1. The summed E-state index contributed by atoms with van der Waals surface area (Å²) >= 11 is 0. The quantitative estimate of drug-likeness (QED) is 0.257. The molecule has 0 atom stereocenters. The molecule has 0 aliphatic carbocycles. The Hall–Kier alpha value is -3.99. The molecule has 0 amide bonds. The predicted molar refractivity (Wildman–Crippen MR) is 157 cm³/mol. The monoisotopic (exact) mass is 565 g/mol. The number of hydrogen-bond donors (Lipinski definition) is 2. The first-order chi connectivity index (χ1) is 18.8. The molecule has 9 nitrogen and oxygen atoms in total. The normalized spacial score (nSPS) is 11.3. The van der Waals surface area contributed by atoms with E-state index in [4.69, 9.17) is 0 Å². The van der Waals surface area contributed by atoms with Gasteiger partial charge >= 0.3 is 0 Å². The summed E-state index contributed by atoms with van der Waals surface area (Å²) in [6, 6.07) is 7.66. The van der Waals surface area contributed by atoms with Crippen LogP contribution in [0.15, 0.2) is 54.1 Å². The highest BCUT2D eigenvalue weighted by Crippen LogP contribution is 2.27. The number of anilines is 4. The van der Waals surface area contributed by atoms with Gasteiger partial charge in [0, 0.05) is 23.6 Å². The number of rotatable bonds is 7. The van der Waals surface area contributed by atoms with Crippen molar-refractivity contribution in [2.75, 3.05) is 16.9 Å². The standard InChI is InChI=1S/C15H18FN3O2S.C14H18N4/c1-9(2)14-10(3)15(18-8-17-14)19-13-6-5-11(7-12(13)16)22(4,20)21;1-9(2)13-10(3)14(17-8-16-13)18-12-6-5-7-15-11(12)4/h5-9H,1-4H3,(H,17,18,19);5-9H,1-4H3,(H,16,17,18). The lowest BCUT2D eigenvalue weighted by atomic mass is 10.1. The molecule has 11 heteroatoms. The molecule has 3 aromatic heterocycles. The summed E-state index contributed by atoms with van der Waals surface area (Å²) in [7, 11) is -3.43. The number of benzene rings is 1. The molecule has 0 saturated carbocycles. The Morgan fingerprint density at radius 2 is 1.27 bits per heavy atom. The predicted octanol–water partition coefficient (Wildman–Crippen LogP) is 6.55. The fourth-order valence-corrected chi connectivity index (χ4v) is 4.68. The summed E-state index contributed by atoms with van der Waals surface area (Å²) in [6.07, 6.45) is 5.86. The second-order valence-electron chi connectivity index (χ2n) is 10.1. The largest absolute Gasteiger partial charge is 0.338 e. The van der Waals surface area contributed by atoms with Crippen molar-refractivity contribution in [2.24, 2.45) is 0 Å². The van der Waals surface area contributed by atoms with Gasteiger partial charge in [0.05, 0.1) is 33.4 Å². The van der Waals surface area contributed by atoms with Crippen LogP contribution in [0.25, 0.3) is 0 Å². The topological polar surface area (TPSA) is 123 Å². The fourth-order valence-electron chi connectivity index (χ4n) is 4.04. The summed E-state index contributed by atoms with van der Waals surface area (Å²) in [6.45, 7) is 14.2. The first-order valence-corrected chi connectivity index (χ1v) is 14.8. The molecule has 0 aliphatic heterocycles. The van der Waals surface area contributed by atoms with E-state index in [9.17, 15) is 12.8 Å². The zero-order valence-corrected chi connectivity index (χ0v) is 24.9. The van der Waals surface area contributed by atoms with Gasteiger partial charge in [0.25, 0.3) is 0 Å². The number of pyridine rings is 1. The summed E-state index contributed by atoms with van der Waals surface area (Å²) < 4.78 is 36.9. The zero-order valence-electron chi connectivity index (χ0n) is 24.1. The number of hydrogen-bond acceptors (Lipinski definition) is 9. The molecule has 0 aliphatic rings. The number of nitrogens with zero attached hydrogens (tertiary/aromatic N) is 5. The van der Waals surface area contributed by atoms with Gasteiger partial charge in [0.2, 0.25) is 0 Å². The average molecular weight is 566 g/mol. The summed E-state index contributed by atoms with van der Waals surface area (Å²) in [4.78, 5) is 21.2. The zero-order chi connectivity index (χ0) is 29.6. The highest BCUT2D eigenvalue weighted by Gasteiger charge is 2.15. The lowest BCUT2D eigenvalue weighted by Crippen LogP contribution is -2.05. The van der Waals surface area contributed by atoms with E-state index in [1.165, 1.54) is 18.5 Å². The molecule has 4 rings (SSSR count). The van der Waals surface area contributed by atoms with Crippen LogP contribution in [-0.4, -0.2) is 39.6 Å². The van der Waals surface area contributed by atoms with E-state index in [2.05, 4.69) is 49.4 Å². The van der Waals surface area contributed by atoms with Crippen LogP contribution >= 0.6 is 0 Å². The third-order valence-corrected chi connectivity index (χ3v) is 7.33. The van der Waals surface area contributed by atoms with Crippen LogP contribution in [0, 0.1) is 26.6 Å². The molecule has 4 aromatic rings. The van der Waals surface area contributed by atoms with Crippen LogP contribution in [0.5, 0.6) is 0 Å². The van der Waals surface area contributed by atoms with Crippen molar-refractivity contribution in [3.63, 3.8) is 0 Å². The molecule has 0 fully saturated rings. The summed E-state index contributed by atoms with van der Waals surface area (Å²) in [5, 5.41) is 6.22. The van der Waals surface area contributed by atoms with Crippen LogP contribution in [0.4, 0.5) is 27.4 Å². The van der Waals surface area contributed by atoms with Gasteiger partial charge < -0.3 is 10.6 Å². The van der Waals surface area contributed by atoms with Gasteiger partial charge in [0.15, 0.2) is 9.84 Å². The van der Waals surface area contributed by atoms with Gasteiger partial charge in [-0.1, -0.05) is 27.7 Å². The van der Waals surface area contributed by atoms with Crippen molar-refractivity contribution in [3.8, 4) is 0 Å². The third kappa shape index (κ3) is 7.56. The Bertz CT molecular complexity index is 1590. The number of sulfone groups is 1. The Balaban J connectivity index is 0.000000225. The van der Waals surface area contributed by atoms with Crippen molar-refractivity contribution < 1.29 is 12.8 Å². The van der Waals surface area contributed by atoms with Crippen LogP contribution < -0.4 is 10.6 Å². The average Bonchev–Trinajstić information content (AvgIpc) is 2.88. The van der Waals surface area contributed by atoms with Gasteiger partial charge in [-0.25, -0.2) is 32.7 Å². The molecule has 0 spiro atoms. The van der Waals surface area contributed by atoms with Crippen molar-refractivity contribution in [2.45, 2.75) is 65.2 Å². The van der Waals surface area contributed by atoms with Crippen LogP contribution in [0.3, 0.4) is 0 Å². The molecule has 3 heterocycles. The SMILES string of the molecule is Cc1c(Nc2ccc(S(C)(=O)=O)cc2F)ncnc1C(C)C.Cc1ncccc1Nc1ncnc(C(C)C)c1C. The maximum Gasteiger partial charge on any atom is 0.175 e. The maximum atomic E-state index is 14.1. The smallest absolute Gasteiger partial charge is 0.175 e. The molecular weight excluding hydrogens is 529 g/mol. The van der Waals surface area contributed by atoms with Gasteiger partial charge in [0.1, 0.15) is 30.1 Å². The van der Waals surface area contributed by atoms with Gasteiger partial charge in [-0.15, -0.1) is 0 Å². The molecule has 40 heavy (non-hydrogen) atoms. The van der Waals surface area contributed by atoms with Crippen LogP contribution in [0.2, 0.25) is 0 Å². The lowest BCUT2D eigenvalue weighted by molar-refractivity contribution is 0.596. The van der Waals surface area contributed by atoms with E-state index in [1.807, 2.05) is 46.8 Å². The maximum absolute atomic E-state index is 14.1. The Labute approximate surface area is 235 Å². The Kier molecular flexibility index (Phi) is 9.86. The molecule has 1 aromatic carbocycles. The Morgan fingerprint density at radius 3 is 1.73 bits per heavy atom. The van der Waals surface area contributed by atoms with Crippen LogP contribution in [0.1, 0.15) is 67.7 Å². The third-order valence-electron chi connectivity index (χ3n) is 6.22. The molecule has 0 bridgehead atoms. The molecular formula is C29H36FN7O2S. The minimum absolute atomic E-state index is 0.0576. The minimum Gasteiger partial charge on any atom is -0.338 e. The van der Waals surface area contributed by atoms with E-state index >= 15 is 0 Å². The first kappa shape index (κ1) is 30.6.